The lowest BCUT2D eigenvalue weighted by atomic mass is 9.65. The third-order valence-electron chi connectivity index (χ3n) is 7.14. The minimum Gasteiger partial charge on any atom is -0.469 e. The zero-order valence-corrected chi connectivity index (χ0v) is 14.6. The highest BCUT2D eigenvalue weighted by Crippen LogP contribution is 2.71. The van der Waals surface area contributed by atoms with E-state index in [9.17, 15) is 9.90 Å². The molecule has 0 unspecified atom stereocenters. The SMILES string of the molecule is COC(=O)[C@@H]1[C@H](C[C@H](O)c2ccccc2)[C@H]2CC[C@@]1(C)C2(C)C. The Bertz CT molecular complexity index is 580. The first kappa shape index (κ1) is 16.5. The fraction of sp³-hybridized carbons (Fsp3) is 0.650. The molecule has 0 aromatic heterocycles. The lowest BCUT2D eigenvalue weighted by Gasteiger charge is -2.38. The topological polar surface area (TPSA) is 46.5 Å². The maximum Gasteiger partial charge on any atom is 0.309 e. The average Bonchev–Trinajstić information content (AvgIpc) is 2.86. The number of carbonyl (C=O) groups is 1. The first-order chi connectivity index (χ1) is 10.8. The second-order valence-corrected chi connectivity index (χ2v) is 8.11. The van der Waals surface area contributed by atoms with Gasteiger partial charge in [0.05, 0.1) is 19.1 Å². The number of esters is 1. The molecule has 2 aliphatic rings. The van der Waals surface area contributed by atoms with Crippen LogP contribution in [0.3, 0.4) is 0 Å². The smallest absolute Gasteiger partial charge is 0.309 e. The minimum atomic E-state index is -0.521. The Labute approximate surface area is 139 Å². The first-order valence-electron chi connectivity index (χ1n) is 8.64. The molecule has 0 amide bonds. The molecule has 2 saturated carbocycles. The van der Waals surface area contributed by atoms with Gasteiger partial charge in [-0.25, -0.2) is 0 Å². The molecule has 0 aliphatic heterocycles. The molecule has 0 heterocycles. The second kappa shape index (κ2) is 5.62. The van der Waals surface area contributed by atoms with Crippen LogP contribution in [0, 0.1) is 28.6 Å². The number of hydrogen-bond acceptors (Lipinski definition) is 3. The molecule has 3 heteroatoms. The number of benzene rings is 1. The number of carbonyl (C=O) groups excluding carboxylic acids is 1. The quantitative estimate of drug-likeness (QED) is 0.855. The van der Waals surface area contributed by atoms with Gasteiger partial charge in [0, 0.05) is 0 Å². The number of aliphatic hydroxyl groups is 1. The van der Waals surface area contributed by atoms with Crippen LogP contribution in [0.5, 0.6) is 0 Å². The third kappa shape index (κ3) is 2.32. The normalized spacial score (nSPS) is 36.0. The highest BCUT2D eigenvalue weighted by atomic mass is 16.5. The second-order valence-electron chi connectivity index (χ2n) is 8.11. The number of fused-ring (bicyclic) bond motifs is 2. The molecule has 0 radical (unpaired) electrons. The Kier molecular flexibility index (Phi) is 4.04. The van der Waals surface area contributed by atoms with E-state index in [1.807, 2.05) is 30.3 Å². The molecule has 1 aromatic carbocycles. The van der Waals surface area contributed by atoms with Gasteiger partial charge < -0.3 is 9.84 Å². The van der Waals surface area contributed by atoms with Crippen LogP contribution < -0.4 is 0 Å². The molecule has 23 heavy (non-hydrogen) atoms. The molecular formula is C20H28O3. The van der Waals surface area contributed by atoms with Gasteiger partial charge in [0.15, 0.2) is 0 Å². The van der Waals surface area contributed by atoms with E-state index in [0.29, 0.717) is 12.3 Å². The van der Waals surface area contributed by atoms with Crippen LogP contribution in [-0.2, 0) is 9.53 Å². The van der Waals surface area contributed by atoms with E-state index in [2.05, 4.69) is 20.8 Å². The summed E-state index contributed by atoms with van der Waals surface area (Å²) in [5.74, 6) is 0.439. The number of hydrogen-bond donors (Lipinski definition) is 1. The molecule has 2 bridgehead atoms. The van der Waals surface area contributed by atoms with Gasteiger partial charge in [-0.2, -0.15) is 0 Å². The van der Waals surface area contributed by atoms with Gasteiger partial charge in [0.25, 0.3) is 0 Å². The molecular weight excluding hydrogens is 288 g/mol. The molecule has 0 saturated heterocycles. The van der Waals surface area contributed by atoms with Gasteiger partial charge in [0.1, 0.15) is 0 Å². The van der Waals surface area contributed by atoms with Crippen LogP contribution in [-0.4, -0.2) is 18.2 Å². The zero-order valence-electron chi connectivity index (χ0n) is 14.6. The van der Waals surface area contributed by atoms with Crippen LogP contribution in [0.15, 0.2) is 30.3 Å². The van der Waals surface area contributed by atoms with Crippen molar-refractivity contribution in [2.45, 2.75) is 46.1 Å². The Hall–Kier alpha value is -1.35. The third-order valence-corrected chi connectivity index (χ3v) is 7.14. The van der Waals surface area contributed by atoms with Gasteiger partial charge in [-0.3, -0.25) is 4.79 Å². The number of ether oxygens (including phenoxy) is 1. The van der Waals surface area contributed by atoms with Crippen molar-refractivity contribution in [3.63, 3.8) is 0 Å². The first-order valence-corrected chi connectivity index (χ1v) is 8.64. The van der Waals surface area contributed by atoms with E-state index < -0.39 is 6.10 Å². The molecule has 2 fully saturated rings. The molecule has 2 aliphatic carbocycles. The number of rotatable bonds is 4. The van der Waals surface area contributed by atoms with E-state index >= 15 is 0 Å². The van der Waals surface area contributed by atoms with Crippen molar-refractivity contribution in [2.24, 2.45) is 28.6 Å². The maximum absolute atomic E-state index is 12.5. The lowest BCUT2D eigenvalue weighted by Crippen LogP contribution is -2.39. The van der Waals surface area contributed by atoms with E-state index in [4.69, 9.17) is 4.74 Å². The van der Waals surface area contributed by atoms with Gasteiger partial charge in [0.2, 0.25) is 0 Å². The Morgan fingerprint density at radius 3 is 2.57 bits per heavy atom. The van der Waals surface area contributed by atoms with E-state index in [0.717, 1.165) is 18.4 Å². The Morgan fingerprint density at radius 1 is 1.30 bits per heavy atom. The standard InChI is InChI=1S/C20H28O3/c1-19(2)15-10-11-20(19,3)17(18(22)23-4)14(15)12-16(21)13-8-6-5-7-9-13/h5-9,14-17,21H,10-12H2,1-4H3/t14-,15-,16+,17+,20-/m1/s1. The monoisotopic (exact) mass is 316 g/mol. The summed E-state index contributed by atoms with van der Waals surface area (Å²) >= 11 is 0. The molecule has 126 valence electrons. The summed E-state index contributed by atoms with van der Waals surface area (Å²) in [6.45, 7) is 6.81. The van der Waals surface area contributed by atoms with E-state index in [-0.39, 0.29) is 28.6 Å². The minimum absolute atomic E-state index is 0.0359. The van der Waals surface area contributed by atoms with Gasteiger partial charge in [-0.1, -0.05) is 51.1 Å². The molecule has 3 rings (SSSR count). The summed E-state index contributed by atoms with van der Waals surface area (Å²) in [4.78, 5) is 12.5. The molecule has 1 N–H and O–H groups in total. The summed E-state index contributed by atoms with van der Waals surface area (Å²) in [6, 6.07) is 9.76. The Balaban J connectivity index is 1.90. The highest BCUT2D eigenvalue weighted by Gasteiger charge is 2.68. The van der Waals surface area contributed by atoms with Crippen LogP contribution in [0.2, 0.25) is 0 Å². The van der Waals surface area contributed by atoms with Gasteiger partial charge >= 0.3 is 5.97 Å². The summed E-state index contributed by atoms with van der Waals surface area (Å²) in [5, 5.41) is 10.7. The molecule has 0 spiro atoms. The fourth-order valence-electron chi connectivity index (χ4n) is 5.50. The maximum atomic E-state index is 12.5. The van der Waals surface area contributed by atoms with E-state index in [1.54, 1.807) is 0 Å². The van der Waals surface area contributed by atoms with Crippen molar-refractivity contribution in [1.82, 2.24) is 0 Å². The van der Waals surface area contributed by atoms with Crippen LogP contribution >= 0.6 is 0 Å². The Morgan fingerprint density at radius 2 is 1.96 bits per heavy atom. The van der Waals surface area contributed by atoms with Crippen LogP contribution in [0.25, 0.3) is 0 Å². The summed E-state index contributed by atoms with van der Waals surface area (Å²) < 4.78 is 5.14. The van der Waals surface area contributed by atoms with Crippen LogP contribution in [0.4, 0.5) is 0 Å². The van der Waals surface area contributed by atoms with Crippen molar-refractivity contribution < 1.29 is 14.6 Å². The van der Waals surface area contributed by atoms with E-state index in [1.165, 1.54) is 7.11 Å². The van der Waals surface area contributed by atoms with Crippen molar-refractivity contribution in [2.75, 3.05) is 7.11 Å². The average molecular weight is 316 g/mol. The van der Waals surface area contributed by atoms with Crippen molar-refractivity contribution in [1.29, 1.82) is 0 Å². The number of methoxy groups -OCH3 is 1. The molecule has 5 atom stereocenters. The summed E-state index contributed by atoms with van der Waals surface area (Å²) in [5.41, 5.74) is 1.00. The lowest BCUT2D eigenvalue weighted by molar-refractivity contribution is -0.153. The highest BCUT2D eigenvalue weighted by molar-refractivity contribution is 5.75. The molecule has 3 nitrogen and oxygen atoms in total. The summed E-state index contributed by atoms with van der Waals surface area (Å²) in [7, 11) is 1.48. The fourth-order valence-corrected chi connectivity index (χ4v) is 5.50. The van der Waals surface area contributed by atoms with Crippen molar-refractivity contribution >= 4 is 5.97 Å². The predicted octanol–water partition coefficient (Wildman–Crippen LogP) is 3.97. The molecule has 1 aromatic rings. The van der Waals surface area contributed by atoms with Gasteiger partial charge in [-0.15, -0.1) is 0 Å². The van der Waals surface area contributed by atoms with Crippen molar-refractivity contribution in [3.05, 3.63) is 35.9 Å². The predicted molar refractivity (Wildman–Crippen MR) is 89.6 cm³/mol. The largest absolute Gasteiger partial charge is 0.469 e. The van der Waals surface area contributed by atoms with Gasteiger partial charge in [-0.05, 0) is 47.5 Å². The van der Waals surface area contributed by atoms with Crippen molar-refractivity contribution in [3.8, 4) is 0 Å². The zero-order chi connectivity index (χ0) is 16.8. The van der Waals surface area contributed by atoms with Crippen LogP contribution in [0.1, 0.15) is 51.7 Å². The summed E-state index contributed by atoms with van der Waals surface area (Å²) in [6.07, 6.45) is 2.33. The number of aliphatic hydroxyl groups excluding tert-OH is 1.